The summed E-state index contributed by atoms with van der Waals surface area (Å²) in [5.41, 5.74) is 0. The molecule has 66 valence electrons. The third-order valence-electron chi connectivity index (χ3n) is 1.23. The van der Waals surface area contributed by atoms with Crippen molar-refractivity contribution in [2.45, 2.75) is 6.54 Å². The monoisotopic (exact) mass is 171 g/mol. The van der Waals surface area contributed by atoms with Crippen LogP contribution in [0.15, 0.2) is 12.5 Å². The Morgan fingerprint density at radius 3 is 3.08 bits per heavy atom. The number of nitrogens with zero attached hydrogens (tertiary/aromatic N) is 2. The highest BCUT2D eigenvalue weighted by atomic mass is 16.4. The molecule has 0 aromatic carbocycles. The molecule has 1 rings (SSSR count). The van der Waals surface area contributed by atoms with Gasteiger partial charge >= 0.3 is 6.09 Å². The van der Waals surface area contributed by atoms with Crippen molar-refractivity contribution in [3.05, 3.63) is 12.5 Å². The van der Waals surface area contributed by atoms with Crippen molar-refractivity contribution < 1.29 is 15.0 Å². The first-order valence-corrected chi connectivity index (χ1v) is 3.35. The van der Waals surface area contributed by atoms with Gasteiger partial charge in [-0.1, -0.05) is 0 Å². The fraction of sp³-hybridized carbons (Fsp3) is 0.333. The number of nitrogens with one attached hydrogen (secondary N) is 1. The molecule has 0 atom stereocenters. The summed E-state index contributed by atoms with van der Waals surface area (Å²) in [5, 5.41) is 18.9. The fourth-order valence-corrected chi connectivity index (χ4v) is 0.772. The lowest BCUT2D eigenvalue weighted by Crippen LogP contribution is -2.07. The molecular weight excluding hydrogens is 162 g/mol. The lowest BCUT2D eigenvalue weighted by atomic mass is 10.6. The molecule has 0 fully saturated rings. The molecule has 0 radical (unpaired) electrons. The van der Waals surface area contributed by atoms with Crippen molar-refractivity contribution in [2.24, 2.45) is 0 Å². The van der Waals surface area contributed by atoms with Crippen molar-refractivity contribution in [1.29, 1.82) is 0 Å². The van der Waals surface area contributed by atoms with E-state index in [1.165, 1.54) is 12.5 Å². The van der Waals surface area contributed by atoms with E-state index >= 15 is 0 Å². The Morgan fingerprint density at radius 2 is 2.50 bits per heavy atom. The fourth-order valence-electron chi connectivity index (χ4n) is 0.772. The number of aromatic nitrogens is 2. The zero-order valence-electron chi connectivity index (χ0n) is 6.27. The Bertz CT molecular complexity index is 271. The molecule has 1 heterocycles. The average molecular weight is 171 g/mol. The molecule has 0 unspecified atom stereocenters. The molecular formula is C6H9N3O3. The van der Waals surface area contributed by atoms with E-state index in [9.17, 15) is 4.79 Å². The number of amides is 1. The normalized spacial score (nSPS) is 9.75. The number of aliphatic hydroxyl groups is 1. The first kappa shape index (κ1) is 8.54. The molecule has 1 amide bonds. The Morgan fingerprint density at radius 1 is 1.75 bits per heavy atom. The standard InChI is InChI=1S/C6H9N3O3/c10-2-1-9-3-5(7-4-9)8-6(11)12/h3-4,8,10H,1-2H2,(H,11,12). The van der Waals surface area contributed by atoms with Crippen LogP contribution in [0.3, 0.4) is 0 Å². The van der Waals surface area contributed by atoms with Gasteiger partial charge in [0.15, 0.2) is 5.82 Å². The zero-order valence-corrected chi connectivity index (χ0v) is 6.27. The predicted molar refractivity (Wildman–Crippen MR) is 41.0 cm³/mol. The molecule has 1 aromatic heterocycles. The first-order valence-electron chi connectivity index (χ1n) is 3.35. The minimum atomic E-state index is -1.15. The number of hydrogen-bond donors (Lipinski definition) is 3. The summed E-state index contributed by atoms with van der Waals surface area (Å²) < 4.78 is 1.59. The van der Waals surface area contributed by atoms with Crippen LogP contribution >= 0.6 is 0 Å². The van der Waals surface area contributed by atoms with E-state index in [0.717, 1.165) is 0 Å². The van der Waals surface area contributed by atoms with Crippen LogP contribution in [0, 0.1) is 0 Å². The highest BCUT2D eigenvalue weighted by molar-refractivity contribution is 5.81. The van der Waals surface area contributed by atoms with Gasteiger partial charge in [-0.3, -0.25) is 5.32 Å². The van der Waals surface area contributed by atoms with E-state index in [1.807, 2.05) is 0 Å². The van der Waals surface area contributed by atoms with Crippen molar-refractivity contribution in [3.63, 3.8) is 0 Å². The molecule has 6 nitrogen and oxygen atoms in total. The predicted octanol–water partition coefficient (Wildman–Crippen LogP) is -0.0347. The summed E-state index contributed by atoms with van der Waals surface area (Å²) in [5.74, 6) is 0.260. The maximum atomic E-state index is 10.1. The van der Waals surface area contributed by atoms with Gasteiger partial charge in [0.05, 0.1) is 12.9 Å². The Labute approximate surface area is 68.5 Å². The molecule has 3 N–H and O–H groups in total. The summed E-state index contributed by atoms with van der Waals surface area (Å²) in [6.45, 7) is 0.414. The van der Waals surface area contributed by atoms with Gasteiger partial charge in [-0.15, -0.1) is 0 Å². The summed E-state index contributed by atoms with van der Waals surface area (Å²) in [6, 6.07) is 0. The molecule has 12 heavy (non-hydrogen) atoms. The minimum Gasteiger partial charge on any atom is -0.465 e. The molecule has 1 aromatic rings. The molecule has 0 spiro atoms. The van der Waals surface area contributed by atoms with Gasteiger partial charge in [-0.25, -0.2) is 9.78 Å². The second-order valence-electron chi connectivity index (χ2n) is 2.15. The Hall–Kier alpha value is -1.56. The number of aliphatic hydroxyl groups excluding tert-OH is 1. The number of hydrogen-bond acceptors (Lipinski definition) is 3. The van der Waals surface area contributed by atoms with Crippen LogP contribution in [-0.4, -0.2) is 32.5 Å². The summed E-state index contributed by atoms with van der Waals surface area (Å²) in [6.07, 6.45) is 1.80. The Balaban J connectivity index is 2.58. The summed E-state index contributed by atoms with van der Waals surface area (Å²) in [7, 11) is 0. The van der Waals surface area contributed by atoms with Gasteiger partial charge in [-0.2, -0.15) is 0 Å². The smallest absolute Gasteiger partial charge is 0.410 e. The van der Waals surface area contributed by atoms with Gasteiger partial charge in [0.2, 0.25) is 0 Å². The van der Waals surface area contributed by atoms with Crippen LogP contribution in [0.2, 0.25) is 0 Å². The van der Waals surface area contributed by atoms with E-state index in [0.29, 0.717) is 6.54 Å². The molecule has 0 saturated carbocycles. The van der Waals surface area contributed by atoms with Crippen molar-refractivity contribution in [3.8, 4) is 0 Å². The van der Waals surface area contributed by atoms with E-state index in [-0.39, 0.29) is 12.4 Å². The van der Waals surface area contributed by atoms with Crippen LogP contribution in [0.4, 0.5) is 10.6 Å². The van der Waals surface area contributed by atoms with Crippen molar-refractivity contribution in [1.82, 2.24) is 9.55 Å². The second kappa shape index (κ2) is 3.72. The SMILES string of the molecule is O=C(O)Nc1cn(CCO)cn1. The van der Waals surface area contributed by atoms with Crippen LogP contribution in [0.1, 0.15) is 0 Å². The van der Waals surface area contributed by atoms with E-state index in [1.54, 1.807) is 4.57 Å². The highest BCUT2D eigenvalue weighted by Crippen LogP contribution is 2.01. The topological polar surface area (TPSA) is 87.4 Å². The van der Waals surface area contributed by atoms with Crippen LogP contribution in [-0.2, 0) is 6.54 Å². The lowest BCUT2D eigenvalue weighted by Gasteiger charge is -1.95. The number of carboxylic acid groups (broad SMARTS) is 1. The summed E-state index contributed by atoms with van der Waals surface area (Å²) in [4.78, 5) is 13.9. The van der Waals surface area contributed by atoms with Crippen molar-refractivity contribution in [2.75, 3.05) is 11.9 Å². The van der Waals surface area contributed by atoms with Gasteiger partial charge in [0.25, 0.3) is 0 Å². The minimum absolute atomic E-state index is 0.00285. The van der Waals surface area contributed by atoms with E-state index in [2.05, 4.69) is 10.3 Å². The maximum absolute atomic E-state index is 10.1. The van der Waals surface area contributed by atoms with Crippen LogP contribution < -0.4 is 5.32 Å². The third kappa shape index (κ3) is 2.24. The van der Waals surface area contributed by atoms with Gasteiger partial charge < -0.3 is 14.8 Å². The van der Waals surface area contributed by atoms with E-state index < -0.39 is 6.09 Å². The summed E-state index contributed by atoms with van der Waals surface area (Å²) >= 11 is 0. The number of rotatable bonds is 3. The molecule has 0 saturated heterocycles. The van der Waals surface area contributed by atoms with Gasteiger partial charge in [-0.05, 0) is 0 Å². The number of carbonyl (C=O) groups is 1. The zero-order chi connectivity index (χ0) is 8.97. The lowest BCUT2D eigenvalue weighted by molar-refractivity contribution is 0.209. The Kier molecular flexibility index (Phi) is 2.65. The number of anilines is 1. The third-order valence-corrected chi connectivity index (χ3v) is 1.23. The molecule has 6 heteroatoms. The van der Waals surface area contributed by atoms with E-state index in [4.69, 9.17) is 10.2 Å². The van der Waals surface area contributed by atoms with Crippen molar-refractivity contribution >= 4 is 11.9 Å². The molecule has 0 bridgehead atoms. The second-order valence-corrected chi connectivity index (χ2v) is 2.15. The largest absolute Gasteiger partial charge is 0.465 e. The molecule has 0 aliphatic carbocycles. The number of imidazole rings is 1. The molecule has 0 aliphatic rings. The average Bonchev–Trinajstić information content (AvgIpc) is 2.36. The molecule has 0 aliphatic heterocycles. The van der Waals surface area contributed by atoms with Crippen LogP contribution in [0.5, 0.6) is 0 Å². The van der Waals surface area contributed by atoms with Gasteiger partial charge in [0.1, 0.15) is 0 Å². The van der Waals surface area contributed by atoms with Gasteiger partial charge in [0, 0.05) is 12.7 Å². The van der Waals surface area contributed by atoms with Crippen LogP contribution in [0.25, 0.3) is 0 Å². The quantitative estimate of drug-likeness (QED) is 0.595. The maximum Gasteiger partial charge on any atom is 0.410 e. The highest BCUT2D eigenvalue weighted by Gasteiger charge is 2.00. The first-order chi connectivity index (χ1) is 5.72.